The Labute approximate surface area is 104 Å². The maximum atomic E-state index is 4.13. The summed E-state index contributed by atoms with van der Waals surface area (Å²) < 4.78 is 1.92. The van der Waals surface area contributed by atoms with Crippen molar-refractivity contribution < 1.29 is 0 Å². The molecule has 1 heterocycles. The van der Waals surface area contributed by atoms with Crippen LogP contribution < -0.4 is 10.6 Å². The van der Waals surface area contributed by atoms with Crippen molar-refractivity contribution >= 4 is 0 Å². The maximum Gasteiger partial charge on any atom is 0.0964 e. The molecule has 5 nitrogen and oxygen atoms in total. The van der Waals surface area contributed by atoms with Gasteiger partial charge < -0.3 is 10.6 Å². The Morgan fingerprint density at radius 3 is 2.88 bits per heavy atom. The smallest absolute Gasteiger partial charge is 0.0964 e. The Bertz CT molecular complexity index is 295. The zero-order valence-electron chi connectivity index (χ0n) is 11.2. The van der Waals surface area contributed by atoms with Gasteiger partial charge in [-0.05, 0) is 25.9 Å². The fourth-order valence-corrected chi connectivity index (χ4v) is 1.51. The predicted octanol–water partition coefficient (Wildman–Crippen LogP) is 1.17. The molecule has 17 heavy (non-hydrogen) atoms. The summed E-state index contributed by atoms with van der Waals surface area (Å²) in [7, 11) is 0. The van der Waals surface area contributed by atoms with Gasteiger partial charge in [-0.3, -0.25) is 4.68 Å². The van der Waals surface area contributed by atoms with Gasteiger partial charge in [-0.15, -0.1) is 5.10 Å². The molecular formula is C12H25N5. The molecule has 0 fully saturated rings. The van der Waals surface area contributed by atoms with E-state index in [2.05, 4.69) is 41.7 Å². The first-order chi connectivity index (χ1) is 8.22. The van der Waals surface area contributed by atoms with Crippen molar-refractivity contribution in [3.05, 3.63) is 11.9 Å². The summed E-state index contributed by atoms with van der Waals surface area (Å²) in [5.41, 5.74) is 1.01. The molecule has 98 valence electrons. The normalized spacial score (nSPS) is 11.3. The van der Waals surface area contributed by atoms with E-state index < -0.39 is 0 Å². The Balaban J connectivity index is 2.17. The number of hydrogen-bond donors (Lipinski definition) is 2. The van der Waals surface area contributed by atoms with E-state index in [0.29, 0.717) is 6.04 Å². The van der Waals surface area contributed by atoms with Crippen molar-refractivity contribution in [1.82, 2.24) is 25.6 Å². The van der Waals surface area contributed by atoms with E-state index in [1.165, 1.54) is 6.42 Å². The third kappa shape index (κ3) is 6.38. The summed E-state index contributed by atoms with van der Waals surface area (Å²) in [6.45, 7) is 10.3. The third-order valence-corrected chi connectivity index (χ3v) is 2.45. The van der Waals surface area contributed by atoms with Gasteiger partial charge in [-0.1, -0.05) is 26.0 Å². The third-order valence-electron chi connectivity index (χ3n) is 2.45. The molecular weight excluding hydrogens is 214 g/mol. The Morgan fingerprint density at radius 1 is 1.35 bits per heavy atom. The highest BCUT2D eigenvalue weighted by Crippen LogP contribution is 1.95. The molecule has 2 N–H and O–H groups in total. The second-order valence-corrected chi connectivity index (χ2v) is 4.61. The number of nitrogens with one attached hydrogen (secondary N) is 2. The molecule has 0 aliphatic heterocycles. The minimum Gasteiger partial charge on any atom is -0.317 e. The molecule has 0 aliphatic carbocycles. The average Bonchev–Trinajstić information content (AvgIpc) is 2.74. The summed E-state index contributed by atoms with van der Waals surface area (Å²) in [4.78, 5) is 0. The molecule has 0 atom stereocenters. The fourth-order valence-electron chi connectivity index (χ4n) is 1.51. The van der Waals surface area contributed by atoms with Crippen LogP contribution in [0.5, 0.6) is 0 Å². The minimum atomic E-state index is 0.485. The van der Waals surface area contributed by atoms with Gasteiger partial charge >= 0.3 is 0 Å². The highest BCUT2D eigenvalue weighted by atomic mass is 15.4. The predicted molar refractivity (Wildman–Crippen MR) is 69.8 cm³/mol. The summed E-state index contributed by atoms with van der Waals surface area (Å²) in [6, 6.07) is 0.485. The van der Waals surface area contributed by atoms with Crippen LogP contribution in [0.2, 0.25) is 0 Å². The first-order valence-corrected chi connectivity index (χ1v) is 6.55. The molecule has 1 rings (SSSR count). The van der Waals surface area contributed by atoms with Crippen LogP contribution in [-0.4, -0.2) is 34.1 Å². The zero-order chi connectivity index (χ0) is 12.5. The van der Waals surface area contributed by atoms with Crippen LogP contribution in [0.4, 0.5) is 0 Å². The quantitative estimate of drug-likeness (QED) is 0.635. The molecule has 0 saturated heterocycles. The Hall–Kier alpha value is -0.940. The molecule has 1 aromatic rings. The van der Waals surface area contributed by atoms with Gasteiger partial charge in [0, 0.05) is 25.3 Å². The zero-order valence-corrected chi connectivity index (χ0v) is 11.2. The van der Waals surface area contributed by atoms with Crippen molar-refractivity contribution in [2.75, 3.05) is 13.1 Å². The molecule has 0 spiro atoms. The first-order valence-electron chi connectivity index (χ1n) is 6.55. The molecule has 0 unspecified atom stereocenters. The van der Waals surface area contributed by atoms with Gasteiger partial charge in [-0.2, -0.15) is 0 Å². The van der Waals surface area contributed by atoms with Crippen LogP contribution >= 0.6 is 0 Å². The van der Waals surface area contributed by atoms with E-state index in [4.69, 9.17) is 0 Å². The van der Waals surface area contributed by atoms with Crippen LogP contribution in [-0.2, 0) is 13.1 Å². The summed E-state index contributed by atoms with van der Waals surface area (Å²) >= 11 is 0. The molecule has 0 saturated carbocycles. The highest BCUT2D eigenvalue weighted by Gasteiger charge is 2.01. The fraction of sp³-hybridized carbons (Fsp3) is 0.833. The average molecular weight is 239 g/mol. The van der Waals surface area contributed by atoms with E-state index in [9.17, 15) is 0 Å². The van der Waals surface area contributed by atoms with Gasteiger partial charge in [0.2, 0.25) is 0 Å². The molecule has 0 bridgehead atoms. The monoisotopic (exact) mass is 239 g/mol. The Morgan fingerprint density at radius 2 is 2.18 bits per heavy atom. The SMILES string of the molecule is CCCNCCCn1cc(CNC(C)C)nn1. The highest BCUT2D eigenvalue weighted by molar-refractivity contribution is 4.91. The van der Waals surface area contributed by atoms with Gasteiger partial charge in [0.15, 0.2) is 0 Å². The van der Waals surface area contributed by atoms with E-state index in [0.717, 1.165) is 38.3 Å². The van der Waals surface area contributed by atoms with Crippen molar-refractivity contribution in [2.45, 2.75) is 52.7 Å². The lowest BCUT2D eigenvalue weighted by Gasteiger charge is -2.04. The summed E-state index contributed by atoms with van der Waals surface area (Å²) in [5.74, 6) is 0. The summed E-state index contributed by atoms with van der Waals surface area (Å²) in [6.07, 6.45) is 4.31. The lowest BCUT2D eigenvalue weighted by molar-refractivity contribution is 0.529. The topological polar surface area (TPSA) is 54.8 Å². The van der Waals surface area contributed by atoms with Gasteiger partial charge in [0.25, 0.3) is 0 Å². The molecule has 0 aromatic carbocycles. The van der Waals surface area contributed by atoms with Gasteiger partial charge in [0.05, 0.1) is 5.69 Å². The number of rotatable bonds is 9. The van der Waals surface area contributed by atoms with Crippen LogP contribution in [0.15, 0.2) is 6.20 Å². The van der Waals surface area contributed by atoms with E-state index in [1.54, 1.807) is 0 Å². The minimum absolute atomic E-state index is 0.485. The van der Waals surface area contributed by atoms with Crippen LogP contribution in [0.1, 0.15) is 39.3 Å². The largest absolute Gasteiger partial charge is 0.317 e. The van der Waals surface area contributed by atoms with Crippen molar-refractivity contribution in [1.29, 1.82) is 0 Å². The molecule has 1 aromatic heterocycles. The number of nitrogens with zero attached hydrogens (tertiary/aromatic N) is 3. The van der Waals surface area contributed by atoms with Crippen molar-refractivity contribution in [3.8, 4) is 0 Å². The number of aryl methyl sites for hydroxylation is 1. The van der Waals surface area contributed by atoms with E-state index in [-0.39, 0.29) is 0 Å². The second kappa shape index (κ2) is 8.20. The standard InChI is InChI=1S/C12H25N5/c1-4-6-13-7-5-8-17-10-12(15-16-17)9-14-11(2)3/h10-11,13-14H,4-9H2,1-3H3. The lowest BCUT2D eigenvalue weighted by Crippen LogP contribution is -2.22. The van der Waals surface area contributed by atoms with Crippen molar-refractivity contribution in [2.24, 2.45) is 0 Å². The lowest BCUT2D eigenvalue weighted by atomic mass is 10.3. The van der Waals surface area contributed by atoms with Gasteiger partial charge in [0.1, 0.15) is 0 Å². The number of hydrogen-bond acceptors (Lipinski definition) is 4. The molecule has 0 aliphatic rings. The molecule has 0 amide bonds. The molecule has 5 heteroatoms. The second-order valence-electron chi connectivity index (χ2n) is 4.61. The van der Waals surface area contributed by atoms with Crippen LogP contribution in [0.25, 0.3) is 0 Å². The molecule has 0 radical (unpaired) electrons. The number of aromatic nitrogens is 3. The van der Waals surface area contributed by atoms with Crippen molar-refractivity contribution in [3.63, 3.8) is 0 Å². The Kier molecular flexibility index (Phi) is 6.81. The summed E-state index contributed by atoms with van der Waals surface area (Å²) in [5, 5.41) is 15.0. The van der Waals surface area contributed by atoms with E-state index in [1.807, 2.05) is 10.9 Å². The van der Waals surface area contributed by atoms with E-state index >= 15 is 0 Å². The maximum absolute atomic E-state index is 4.13. The van der Waals surface area contributed by atoms with Gasteiger partial charge in [-0.25, -0.2) is 0 Å². The first kappa shape index (κ1) is 14.1. The van der Waals surface area contributed by atoms with Crippen LogP contribution in [0.3, 0.4) is 0 Å². The van der Waals surface area contributed by atoms with Crippen LogP contribution in [0, 0.1) is 0 Å².